The summed E-state index contributed by atoms with van der Waals surface area (Å²) in [5, 5.41) is 2.68. The Morgan fingerprint density at radius 1 is 1.25 bits per heavy atom. The van der Waals surface area contributed by atoms with Crippen LogP contribution >= 0.6 is 11.8 Å². The van der Waals surface area contributed by atoms with Crippen molar-refractivity contribution in [1.82, 2.24) is 5.32 Å². The number of hydrogen-bond acceptors (Lipinski definition) is 3. The third kappa shape index (κ3) is 2.47. The minimum absolute atomic E-state index is 0.0578. The van der Waals surface area contributed by atoms with Crippen LogP contribution in [0.15, 0.2) is 57.2 Å². The molecule has 0 bridgehead atoms. The molecule has 0 radical (unpaired) electrons. The third-order valence-electron chi connectivity index (χ3n) is 3.19. The van der Waals surface area contributed by atoms with Crippen LogP contribution in [0.2, 0.25) is 0 Å². The number of benzene rings is 2. The SMILES string of the molecule is CNC(=O)c1ccccc1Sc1ccc2c(c1)CN=C2. The lowest BCUT2D eigenvalue weighted by Crippen LogP contribution is -2.18. The summed E-state index contributed by atoms with van der Waals surface area (Å²) in [5.41, 5.74) is 3.14. The van der Waals surface area contributed by atoms with Crippen molar-refractivity contribution in [3.8, 4) is 0 Å². The summed E-state index contributed by atoms with van der Waals surface area (Å²) in [6.07, 6.45) is 1.91. The molecule has 0 atom stereocenters. The molecule has 0 spiro atoms. The number of rotatable bonds is 3. The Bertz CT molecular complexity index is 695. The van der Waals surface area contributed by atoms with Crippen LogP contribution in [0.5, 0.6) is 0 Å². The van der Waals surface area contributed by atoms with E-state index in [9.17, 15) is 4.79 Å². The first-order chi connectivity index (χ1) is 9.78. The van der Waals surface area contributed by atoms with Crippen LogP contribution in [0.4, 0.5) is 0 Å². The Balaban J connectivity index is 1.90. The zero-order valence-electron chi connectivity index (χ0n) is 11.1. The molecule has 3 rings (SSSR count). The van der Waals surface area contributed by atoms with Gasteiger partial charge in [-0.1, -0.05) is 30.0 Å². The predicted octanol–water partition coefficient (Wildman–Crippen LogP) is 3.13. The number of aliphatic imine (C=N–C) groups is 1. The molecule has 0 saturated carbocycles. The molecular weight excluding hydrogens is 268 g/mol. The molecule has 0 aliphatic carbocycles. The molecule has 0 fully saturated rings. The minimum atomic E-state index is -0.0578. The third-order valence-corrected chi connectivity index (χ3v) is 4.26. The Hall–Kier alpha value is -2.07. The number of nitrogens with zero attached hydrogens (tertiary/aromatic N) is 1. The first-order valence-electron chi connectivity index (χ1n) is 6.39. The van der Waals surface area contributed by atoms with E-state index in [1.54, 1.807) is 18.8 Å². The average Bonchev–Trinajstić information content (AvgIpc) is 2.94. The van der Waals surface area contributed by atoms with Crippen LogP contribution in [-0.2, 0) is 6.54 Å². The van der Waals surface area contributed by atoms with E-state index in [1.807, 2.05) is 30.5 Å². The summed E-state index contributed by atoms with van der Waals surface area (Å²) in [6, 6.07) is 13.9. The maximum atomic E-state index is 11.9. The van der Waals surface area contributed by atoms with Crippen LogP contribution in [0.1, 0.15) is 21.5 Å². The van der Waals surface area contributed by atoms with E-state index in [-0.39, 0.29) is 5.91 Å². The summed E-state index contributed by atoms with van der Waals surface area (Å²) in [7, 11) is 1.65. The van der Waals surface area contributed by atoms with Gasteiger partial charge in [-0.2, -0.15) is 0 Å². The smallest absolute Gasteiger partial charge is 0.252 e. The highest BCUT2D eigenvalue weighted by atomic mass is 32.2. The number of carbonyl (C=O) groups is 1. The zero-order chi connectivity index (χ0) is 13.9. The van der Waals surface area contributed by atoms with Crippen molar-refractivity contribution in [1.29, 1.82) is 0 Å². The van der Waals surface area contributed by atoms with Crippen LogP contribution in [0.3, 0.4) is 0 Å². The van der Waals surface area contributed by atoms with Crippen LogP contribution in [0.25, 0.3) is 0 Å². The van der Waals surface area contributed by atoms with Crippen LogP contribution in [-0.4, -0.2) is 19.2 Å². The molecule has 4 heteroatoms. The van der Waals surface area contributed by atoms with E-state index >= 15 is 0 Å². The topological polar surface area (TPSA) is 41.5 Å². The predicted molar refractivity (Wildman–Crippen MR) is 81.7 cm³/mol. The highest BCUT2D eigenvalue weighted by molar-refractivity contribution is 7.99. The second kappa shape index (κ2) is 5.51. The molecule has 1 amide bonds. The molecular formula is C16H14N2OS. The number of nitrogens with one attached hydrogen (secondary N) is 1. The molecule has 100 valence electrons. The van der Waals surface area contributed by atoms with E-state index in [2.05, 4.69) is 28.5 Å². The summed E-state index contributed by atoms with van der Waals surface area (Å²) >= 11 is 1.61. The second-order valence-electron chi connectivity index (χ2n) is 4.51. The Morgan fingerprint density at radius 3 is 2.95 bits per heavy atom. The lowest BCUT2D eigenvalue weighted by molar-refractivity contribution is 0.0960. The van der Waals surface area contributed by atoms with Gasteiger partial charge >= 0.3 is 0 Å². The van der Waals surface area contributed by atoms with E-state index < -0.39 is 0 Å². The molecule has 0 unspecified atom stereocenters. The van der Waals surface area contributed by atoms with Gasteiger partial charge in [-0.05, 0) is 35.4 Å². The van der Waals surface area contributed by atoms with Crippen molar-refractivity contribution in [2.24, 2.45) is 4.99 Å². The molecule has 1 aliphatic heterocycles. The molecule has 3 nitrogen and oxygen atoms in total. The van der Waals surface area contributed by atoms with Crippen LogP contribution < -0.4 is 5.32 Å². The molecule has 2 aromatic carbocycles. The van der Waals surface area contributed by atoms with Crippen molar-refractivity contribution in [3.05, 3.63) is 59.2 Å². The number of fused-ring (bicyclic) bond motifs is 1. The van der Waals surface area contributed by atoms with Gasteiger partial charge in [-0.15, -0.1) is 0 Å². The van der Waals surface area contributed by atoms with Crippen molar-refractivity contribution in [3.63, 3.8) is 0 Å². The fraction of sp³-hybridized carbons (Fsp3) is 0.125. The van der Waals surface area contributed by atoms with Crippen molar-refractivity contribution in [2.45, 2.75) is 16.3 Å². The highest BCUT2D eigenvalue weighted by Gasteiger charge is 2.12. The van der Waals surface area contributed by atoms with Gasteiger partial charge < -0.3 is 5.32 Å². The first kappa shape index (κ1) is 12.9. The normalized spacial score (nSPS) is 12.2. The number of amides is 1. The van der Waals surface area contributed by atoms with Crippen LogP contribution in [0, 0.1) is 0 Å². The maximum Gasteiger partial charge on any atom is 0.252 e. The standard InChI is InChI=1S/C16H14N2OS/c1-17-16(19)14-4-2-3-5-15(14)20-13-7-6-11-9-18-10-12(11)8-13/h2-9H,10H2,1H3,(H,17,19). The largest absolute Gasteiger partial charge is 0.355 e. The van der Waals surface area contributed by atoms with E-state index in [0.717, 1.165) is 16.3 Å². The van der Waals surface area contributed by atoms with Gasteiger partial charge in [-0.25, -0.2) is 0 Å². The van der Waals surface area contributed by atoms with Gasteiger partial charge in [0.25, 0.3) is 5.91 Å². The average molecular weight is 282 g/mol. The molecule has 1 heterocycles. The summed E-state index contributed by atoms with van der Waals surface area (Å²) < 4.78 is 0. The van der Waals surface area contributed by atoms with Gasteiger partial charge in [0.1, 0.15) is 0 Å². The quantitative estimate of drug-likeness (QED) is 0.939. The highest BCUT2D eigenvalue weighted by Crippen LogP contribution is 2.32. The van der Waals surface area contributed by atoms with E-state index in [1.165, 1.54) is 11.1 Å². The Labute approximate surface area is 122 Å². The molecule has 2 aromatic rings. The second-order valence-corrected chi connectivity index (χ2v) is 5.62. The first-order valence-corrected chi connectivity index (χ1v) is 7.21. The number of carbonyl (C=O) groups excluding carboxylic acids is 1. The molecule has 1 aliphatic rings. The van der Waals surface area contributed by atoms with Gasteiger partial charge in [0.15, 0.2) is 0 Å². The lowest BCUT2D eigenvalue weighted by Gasteiger charge is -2.08. The maximum absolute atomic E-state index is 11.9. The summed E-state index contributed by atoms with van der Waals surface area (Å²) in [6.45, 7) is 0.751. The molecule has 0 aromatic heterocycles. The van der Waals surface area contributed by atoms with E-state index in [4.69, 9.17) is 0 Å². The zero-order valence-corrected chi connectivity index (χ0v) is 11.9. The fourth-order valence-electron chi connectivity index (χ4n) is 2.16. The van der Waals surface area contributed by atoms with Crippen molar-refractivity contribution in [2.75, 3.05) is 7.05 Å². The van der Waals surface area contributed by atoms with Gasteiger partial charge in [0, 0.05) is 23.1 Å². The van der Waals surface area contributed by atoms with Gasteiger partial charge in [0.2, 0.25) is 0 Å². The number of hydrogen-bond donors (Lipinski definition) is 1. The van der Waals surface area contributed by atoms with Gasteiger partial charge in [-0.3, -0.25) is 9.79 Å². The van der Waals surface area contributed by atoms with E-state index in [0.29, 0.717) is 5.56 Å². The molecule has 20 heavy (non-hydrogen) atoms. The Morgan fingerprint density at radius 2 is 2.10 bits per heavy atom. The van der Waals surface area contributed by atoms with Crippen molar-refractivity contribution < 1.29 is 4.79 Å². The molecule has 1 N–H and O–H groups in total. The summed E-state index contributed by atoms with van der Waals surface area (Å²) in [4.78, 5) is 18.2. The molecule has 0 saturated heterocycles. The van der Waals surface area contributed by atoms with Crippen molar-refractivity contribution >= 4 is 23.9 Å². The monoisotopic (exact) mass is 282 g/mol. The Kier molecular flexibility index (Phi) is 3.56. The van der Waals surface area contributed by atoms with Gasteiger partial charge in [0.05, 0.1) is 12.1 Å². The minimum Gasteiger partial charge on any atom is -0.355 e. The lowest BCUT2D eigenvalue weighted by atomic mass is 10.1. The summed E-state index contributed by atoms with van der Waals surface area (Å²) in [5.74, 6) is -0.0578. The fourth-order valence-corrected chi connectivity index (χ4v) is 3.16.